The van der Waals surface area contributed by atoms with Gasteiger partial charge in [-0.25, -0.2) is 9.36 Å². The number of hydrogen-bond acceptors (Lipinski definition) is 5. The molecular formula is C12H16NO7P. The lowest BCUT2D eigenvalue weighted by molar-refractivity contribution is -0.144. The smallest absolute Gasteiger partial charge is 0.467 e. The summed E-state index contributed by atoms with van der Waals surface area (Å²) in [6, 6.07) is 4.94. The first-order valence-corrected chi connectivity index (χ1v) is 7.43. The van der Waals surface area contributed by atoms with Crippen molar-refractivity contribution in [2.45, 2.75) is 19.4 Å². The number of nitrogens with one attached hydrogen (secondary N) is 1. The van der Waals surface area contributed by atoms with Crippen molar-refractivity contribution in [1.82, 2.24) is 5.32 Å². The standard InChI is InChI=1S/C12H16NO7P/c1-8(14)13-11(12(15)19-2)7-9-3-5-10(6-4-9)20-21(16,17)18/h3-6,11H,7H2,1-2H3,(H,13,14)(H2,16,17,18)/t11-/m0/s1. The van der Waals surface area contributed by atoms with Gasteiger partial charge in [0, 0.05) is 13.3 Å². The summed E-state index contributed by atoms with van der Waals surface area (Å²) < 4.78 is 19.7. The molecule has 1 atom stereocenters. The molecule has 21 heavy (non-hydrogen) atoms. The third-order valence-corrected chi connectivity index (χ3v) is 2.90. The summed E-state index contributed by atoms with van der Waals surface area (Å²) in [5.41, 5.74) is 0.664. The molecule has 0 heterocycles. The molecule has 0 fully saturated rings. The highest BCUT2D eigenvalue weighted by atomic mass is 31.2. The zero-order valence-corrected chi connectivity index (χ0v) is 12.4. The number of phosphoric acid groups is 1. The van der Waals surface area contributed by atoms with Crippen LogP contribution in [0.1, 0.15) is 12.5 Å². The minimum absolute atomic E-state index is 0.00114. The van der Waals surface area contributed by atoms with Gasteiger partial charge in [0.25, 0.3) is 0 Å². The molecule has 1 rings (SSSR count). The monoisotopic (exact) mass is 317 g/mol. The van der Waals surface area contributed by atoms with Gasteiger partial charge in [0.2, 0.25) is 5.91 Å². The van der Waals surface area contributed by atoms with E-state index in [0.29, 0.717) is 5.56 Å². The van der Waals surface area contributed by atoms with Crippen LogP contribution in [0.2, 0.25) is 0 Å². The number of methoxy groups -OCH3 is 1. The van der Waals surface area contributed by atoms with Crippen molar-refractivity contribution >= 4 is 19.7 Å². The first kappa shape index (κ1) is 17.2. The second-order valence-corrected chi connectivity index (χ2v) is 5.37. The van der Waals surface area contributed by atoms with Crippen molar-refractivity contribution < 1.29 is 33.2 Å². The molecule has 1 aromatic rings. The molecule has 0 aliphatic heterocycles. The van der Waals surface area contributed by atoms with Crippen LogP contribution in [0, 0.1) is 0 Å². The lowest BCUT2D eigenvalue weighted by Crippen LogP contribution is -2.41. The van der Waals surface area contributed by atoms with Crippen LogP contribution in [0.3, 0.4) is 0 Å². The Labute approximate surface area is 121 Å². The molecular weight excluding hydrogens is 301 g/mol. The van der Waals surface area contributed by atoms with Crippen molar-refractivity contribution in [2.24, 2.45) is 0 Å². The summed E-state index contributed by atoms with van der Waals surface area (Å²) in [5, 5.41) is 2.46. The number of ether oxygens (including phenoxy) is 1. The minimum atomic E-state index is -4.60. The predicted molar refractivity (Wildman–Crippen MR) is 72.4 cm³/mol. The van der Waals surface area contributed by atoms with E-state index in [-0.39, 0.29) is 18.1 Å². The van der Waals surface area contributed by atoms with E-state index in [0.717, 1.165) is 0 Å². The van der Waals surface area contributed by atoms with E-state index >= 15 is 0 Å². The molecule has 0 saturated heterocycles. The van der Waals surface area contributed by atoms with Gasteiger partial charge < -0.3 is 14.6 Å². The Morgan fingerprint density at radius 2 is 1.86 bits per heavy atom. The molecule has 0 radical (unpaired) electrons. The van der Waals surface area contributed by atoms with Crippen LogP contribution in [0.15, 0.2) is 24.3 Å². The number of carbonyl (C=O) groups excluding carboxylic acids is 2. The molecule has 0 aromatic heterocycles. The molecule has 1 aromatic carbocycles. The van der Waals surface area contributed by atoms with Crippen LogP contribution in [-0.2, 0) is 25.3 Å². The number of hydrogen-bond donors (Lipinski definition) is 3. The maximum atomic E-state index is 11.5. The molecule has 0 aliphatic rings. The van der Waals surface area contributed by atoms with Crippen LogP contribution in [-0.4, -0.2) is 34.8 Å². The average Bonchev–Trinajstić information content (AvgIpc) is 2.37. The molecule has 0 saturated carbocycles. The van der Waals surface area contributed by atoms with Crippen LogP contribution in [0.25, 0.3) is 0 Å². The van der Waals surface area contributed by atoms with Crippen molar-refractivity contribution in [3.05, 3.63) is 29.8 Å². The molecule has 0 aliphatic carbocycles. The number of rotatable bonds is 6. The van der Waals surface area contributed by atoms with Gasteiger partial charge in [0.05, 0.1) is 7.11 Å². The van der Waals surface area contributed by atoms with E-state index in [1.165, 1.54) is 38.3 Å². The highest BCUT2D eigenvalue weighted by Gasteiger charge is 2.21. The van der Waals surface area contributed by atoms with Gasteiger partial charge in [0.15, 0.2) is 0 Å². The van der Waals surface area contributed by atoms with Crippen molar-refractivity contribution in [3.8, 4) is 5.75 Å². The summed E-state index contributed by atoms with van der Waals surface area (Å²) in [5.74, 6) is -0.950. The Morgan fingerprint density at radius 1 is 1.29 bits per heavy atom. The average molecular weight is 317 g/mol. The fourth-order valence-corrected chi connectivity index (χ4v) is 2.04. The second-order valence-electron chi connectivity index (χ2n) is 4.21. The van der Waals surface area contributed by atoms with Gasteiger partial charge in [-0.1, -0.05) is 12.1 Å². The normalized spacial score (nSPS) is 12.4. The van der Waals surface area contributed by atoms with E-state index in [1.807, 2.05) is 0 Å². The summed E-state index contributed by atoms with van der Waals surface area (Å²) in [7, 11) is -3.38. The topological polar surface area (TPSA) is 122 Å². The fourth-order valence-electron chi connectivity index (χ4n) is 1.64. The first-order chi connectivity index (χ1) is 9.71. The molecule has 3 N–H and O–H groups in total. The summed E-state index contributed by atoms with van der Waals surface area (Å²) in [6.07, 6.45) is 0.183. The molecule has 0 spiro atoms. The maximum absolute atomic E-state index is 11.5. The summed E-state index contributed by atoms with van der Waals surface area (Å²) in [4.78, 5) is 39.9. The van der Waals surface area contributed by atoms with Crippen LogP contribution >= 0.6 is 7.82 Å². The van der Waals surface area contributed by atoms with Crippen LogP contribution < -0.4 is 9.84 Å². The van der Waals surface area contributed by atoms with Crippen molar-refractivity contribution in [2.75, 3.05) is 7.11 Å². The Bertz CT molecular complexity index is 551. The zero-order chi connectivity index (χ0) is 16.0. The van der Waals surface area contributed by atoms with Gasteiger partial charge in [-0.05, 0) is 17.7 Å². The number of phosphoric ester groups is 1. The van der Waals surface area contributed by atoms with E-state index in [9.17, 15) is 14.2 Å². The summed E-state index contributed by atoms with van der Waals surface area (Å²) >= 11 is 0. The predicted octanol–water partition coefficient (Wildman–Crippen LogP) is 0.378. The molecule has 0 bridgehead atoms. The Morgan fingerprint density at radius 3 is 2.29 bits per heavy atom. The van der Waals surface area contributed by atoms with Gasteiger partial charge in [0.1, 0.15) is 11.8 Å². The Balaban J connectivity index is 2.78. The van der Waals surface area contributed by atoms with Gasteiger partial charge in [-0.3, -0.25) is 14.6 Å². The third-order valence-electron chi connectivity index (χ3n) is 2.45. The van der Waals surface area contributed by atoms with E-state index in [4.69, 9.17) is 9.79 Å². The third kappa shape index (κ3) is 6.40. The van der Waals surface area contributed by atoms with E-state index in [1.54, 1.807) is 0 Å². The van der Waals surface area contributed by atoms with Crippen LogP contribution in [0.4, 0.5) is 0 Å². The lowest BCUT2D eigenvalue weighted by atomic mass is 10.1. The quantitative estimate of drug-likeness (QED) is 0.512. The van der Waals surface area contributed by atoms with E-state index in [2.05, 4.69) is 14.6 Å². The van der Waals surface area contributed by atoms with Gasteiger partial charge in [-0.2, -0.15) is 0 Å². The molecule has 116 valence electrons. The largest absolute Gasteiger partial charge is 0.524 e. The summed E-state index contributed by atoms with van der Waals surface area (Å²) in [6.45, 7) is 1.28. The Hall–Kier alpha value is -1.89. The van der Waals surface area contributed by atoms with Crippen LogP contribution in [0.5, 0.6) is 5.75 Å². The highest BCUT2D eigenvalue weighted by Crippen LogP contribution is 2.37. The fraction of sp³-hybridized carbons (Fsp3) is 0.333. The van der Waals surface area contributed by atoms with E-state index < -0.39 is 19.8 Å². The number of amides is 1. The SMILES string of the molecule is COC(=O)[C@H](Cc1ccc(OP(=O)(O)O)cc1)NC(C)=O. The van der Waals surface area contributed by atoms with Gasteiger partial charge >= 0.3 is 13.8 Å². The highest BCUT2D eigenvalue weighted by molar-refractivity contribution is 7.46. The zero-order valence-electron chi connectivity index (χ0n) is 11.5. The lowest BCUT2D eigenvalue weighted by Gasteiger charge is -2.15. The molecule has 9 heteroatoms. The molecule has 0 unspecified atom stereocenters. The van der Waals surface area contributed by atoms with Gasteiger partial charge in [-0.15, -0.1) is 0 Å². The molecule has 8 nitrogen and oxygen atoms in total. The second kappa shape index (κ2) is 7.21. The van der Waals surface area contributed by atoms with Crippen molar-refractivity contribution in [3.63, 3.8) is 0 Å². The first-order valence-electron chi connectivity index (χ1n) is 5.90. The maximum Gasteiger partial charge on any atom is 0.524 e. The molecule has 1 amide bonds. The van der Waals surface area contributed by atoms with Crippen molar-refractivity contribution in [1.29, 1.82) is 0 Å². The number of esters is 1. The number of carbonyl (C=O) groups is 2. The Kier molecular flexibility index (Phi) is 5.90. The minimum Gasteiger partial charge on any atom is -0.467 e. The number of benzene rings is 1.